The first-order valence-corrected chi connectivity index (χ1v) is 41.7. The molecule has 0 saturated carbocycles. The number of hydrogen-bond donors (Lipinski definition) is 2. The molecular formula is C103H88O15S2. The zero-order valence-electron chi connectivity index (χ0n) is 66.8. The molecule has 0 bridgehead atoms. The fourth-order valence-electron chi connectivity index (χ4n) is 16.2. The van der Waals surface area contributed by atoms with Crippen LogP contribution >= 0.6 is 12.0 Å². The molecule has 0 amide bonds. The molecule has 17 heteroatoms. The van der Waals surface area contributed by atoms with Gasteiger partial charge in [0.05, 0.1) is 41.5 Å². The number of carbonyl (C=O) groups excluding carboxylic acids is 3. The third-order valence-corrected chi connectivity index (χ3v) is 23.1. The molecule has 14 aromatic rings. The Morgan fingerprint density at radius 3 is 1.08 bits per heavy atom. The lowest BCUT2D eigenvalue weighted by atomic mass is 9.68. The number of hydrogen-bond acceptors (Lipinski definition) is 15. The molecule has 16 rings (SSSR count). The zero-order valence-corrected chi connectivity index (χ0v) is 68.4. The Bertz CT molecular complexity index is 5840. The molecule has 0 aliphatic heterocycles. The number of aryl methyl sites for hydroxylation is 2. The Hall–Kier alpha value is -12.8. The SMILES string of the molecule is COCCCCCCCCCCOc1ccc(C(=O)c2ccc(Oc3ccc(C4(c5ccc(OC)cc5)c5ccccc5-c5ccccc54)cc3)cc2)cc1.Cc1ccc(C(=O)c2ccc(Oc3ccc(C4(c5ccc(Oc6ccc(C(=O)c7ccc(C)c(OS(=O)O)c7)cc6SOOO)cc5)c5ccccc5-c5ccccc54)cc3)cc2)cc1. The highest BCUT2D eigenvalue weighted by molar-refractivity contribution is 7.94. The maximum Gasteiger partial charge on any atom is 0.357 e. The van der Waals surface area contributed by atoms with E-state index in [1.165, 1.54) is 78.5 Å². The highest BCUT2D eigenvalue weighted by Crippen LogP contribution is 2.58. The van der Waals surface area contributed by atoms with Crippen LogP contribution in [0, 0.1) is 13.8 Å². The van der Waals surface area contributed by atoms with Crippen LogP contribution in [0.15, 0.2) is 332 Å². The molecule has 0 heterocycles. The molecule has 0 saturated heterocycles. The minimum Gasteiger partial charge on any atom is -0.497 e. The number of ether oxygens (including phenoxy) is 6. The number of rotatable bonds is 34. The van der Waals surface area contributed by atoms with Crippen molar-refractivity contribution in [3.63, 3.8) is 0 Å². The Morgan fingerprint density at radius 1 is 0.350 bits per heavy atom. The van der Waals surface area contributed by atoms with Gasteiger partial charge in [0.25, 0.3) is 0 Å². The van der Waals surface area contributed by atoms with E-state index in [0.29, 0.717) is 80.1 Å². The predicted molar refractivity (Wildman–Crippen MR) is 469 cm³/mol. The Balaban J connectivity index is 0.000000190. The molecule has 14 aromatic carbocycles. The van der Waals surface area contributed by atoms with Crippen molar-refractivity contribution in [1.29, 1.82) is 0 Å². The lowest BCUT2D eigenvalue weighted by Crippen LogP contribution is -2.28. The highest BCUT2D eigenvalue weighted by atomic mass is 32.2. The summed E-state index contributed by atoms with van der Waals surface area (Å²) in [5, 5.41) is 12.9. The van der Waals surface area contributed by atoms with Crippen LogP contribution in [0.25, 0.3) is 22.3 Å². The summed E-state index contributed by atoms with van der Waals surface area (Å²) in [4.78, 5) is 40.3. The zero-order chi connectivity index (χ0) is 83.0. The first-order chi connectivity index (χ1) is 58.7. The molecule has 1 atom stereocenters. The largest absolute Gasteiger partial charge is 0.497 e. The topological polar surface area (TPSA) is 192 Å². The van der Waals surface area contributed by atoms with Gasteiger partial charge in [0.15, 0.2) is 17.3 Å². The number of fused-ring (bicyclic) bond motifs is 6. The number of benzene rings is 14. The van der Waals surface area contributed by atoms with Crippen molar-refractivity contribution in [3.8, 4) is 74.0 Å². The molecule has 602 valence electrons. The van der Waals surface area contributed by atoms with Crippen LogP contribution < -0.4 is 27.9 Å². The summed E-state index contributed by atoms with van der Waals surface area (Å²) in [7, 11) is 3.46. The average Bonchev–Trinajstić information content (AvgIpc) is 1.54. The van der Waals surface area contributed by atoms with Crippen LogP contribution in [0.4, 0.5) is 0 Å². The molecule has 0 aromatic heterocycles. The average molecular weight is 1630 g/mol. The molecule has 15 nitrogen and oxygen atoms in total. The summed E-state index contributed by atoms with van der Waals surface area (Å²) in [6.45, 7) is 5.24. The molecule has 1 unspecified atom stereocenters. The van der Waals surface area contributed by atoms with Crippen LogP contribution in [0.1, 0.15) is 155 Å². The van der Waals surface area contributed by atoms with E-state index in [0.717, 1.165) is 81.2 Å². The smallest absolute Gasteiger partial charge is 0.357 e. The van der Waals surface area contributed by atoms with Crippen molar-refractivity contribution < 1.29 is 70.4 Å². The fraction of sp³-hybridized carbons (Fsp3) is 0.155. The molecule has 120 heavy (non-hydrogen) atoms. The predicted octanol–water partition coefficient (Wildman–Crippen LogP) is 24.9. The third kappa shape index (κ3) is 18.0. The van der Waals surface area contributed by atoms with Crippen LogP contribution in [-0.2, 0) is 36.3 Å². The van der Waals surface area contributed by atoms with Gasteiger partial charge in [0, 0.05) is 47.1 Å². The normalized spacial score (nSPS) is 12.6. The Kier molecular flexibility index (Phi) is 26.3. The van der Waals surface area contributed by atoms with Crippen molar-refractivity contribution in [1.82, 2.24) is 0 Å². The highest BCUT2D eigenvalue weighted by Gasteiger charge is 2.48. The van der Waals surface area contributed by atoms with Crippen molar-refractivity contribution >= 4 is 40.8 Å². The second-order valence-electron chi connectivity index (χ2n) is 29.6. The number of methoxy groups -OCH3 is 2. The van der Waals surface area contributed by atoms with Gasteiger partial charge >= 0.3 is 11.4 Å². The van der Waals surface area contributed by atoms with E-state index >= 15 is 0 Å². The number of unbranched alkanes of at least 4 members (excludes halogenated alkanes) is 7. The summed E-state index contributed by atoms with van der Waals surface area (Å²) in [5.74, 6) is 4.65. The van der Waals surface area contributed by atoms with Crippen molar-refractivity contribution in [2.45, 2.75) is 80.9 Å². The molecule has 2 N–H and O–H groups in total. The molecule has 0 fully saturated rings. The van der Waals surface area contributed by atoms with Gasteiger partial charge in [0.1, 0.15) is 51.7 Å². The monoisotopic (exact) mass is 1630 g/mol. The van der Waals surface area contributed by atoms with E-state index in [1.54, 1.807) is 69.7 Å². The van der Waals surface area contributed by atoms with Crippen molar-refractivity contribution in [3.05, 3.63) is 417 Å². The molecular weight excluding hydrogens is 1540 g/mol. The second kappa shape index (κ2) is 38.3. The minimum absolute atomic E-state index is 0.0365. The Morgan fingerprint density at radius 2 is 0.683 bits per heavy atom. The molecule has 2 aliphatic rings. The van der Waals surface area contributed by atoms with E-state index in [4.69, 9.17) is 42.2 Å². The lowest BCUT2D eigenvalue weighted by molar-refractivity contribution is -0.432. The van der Waals surface area contributed by atoms with Crippen LogP contribution in [-0.4, -0.2) is 58.8 Å². The van der Waals surface area contributed by atoms with Gasteiger partial charge in [-0.25, -0.2) is 5.26 Å². The van der Waals surface area contributed by atoms with Gasteiger partial charge in [-0.15, -0.1) is 4.33 Å². The van der Waals surface area contributed by atoms with Gasteiger partial charge in [-0.2, -0.15) is 4.21 Å². The van der Waals surface area contributed by atoms with Crippen molar-refractivity contribution in [2.24, 2.45) is 0 Å². The van der Waals surface area contributed by atoms with Gasteiger partial charge in [0.2, 0.25) is 0 Å². The molecule has 0 radical (unpaired) electrons. The van der Waals surface area contributed by atoms with Gasteiger partial charge in [-0.05, 0) is 245 Å². The summed E-state index contributed by atoms with van der Waals surface area (Å²) in [5.41, 5.74) is 17.2. The maximum absolute atomic E-state index is 13.6. The summed E-state index contributed by atoms with van der Waals surface area (Å²) >= 11 is -1.93. The van der Waals surface area contributed by atoms with E-state index in [2.05, 4.69) is 126 Å². The van der Waals surface area contributed by atoms with E-state index < -0.39 is 28.0 Å². The Labute approximate surface area is 705 Å². The van der Waals surface area contributed by atoms with E-state index in [-0.39, 0.29) is 28.4 Å². The quantitative estimate of drug-likeness (QED) is 0.00965. The first-order valence-electron chi connectivity index (χ1n) is 39.9. The molecule has 2 aliphatic carbocycles. The first kappa shape index (κ1) is 82.3. The second-order valence-corrected chi connectivity index (χ2v) is 30.9. The van der Waals surface area contributed by atoms with Crippen LogP contribution in [0.3, 0.4) is 0 Å². The summed E-state index contributed by atoms with van der Waals surface area (Å²) < 4.78 is 65.9. The van der Waals surface area contributed by atoms with Crippen molar-refractivity contribution in [2.75, 3.05) is 27.4 Å². The standard InChI is InChI=1S/C53H38O10S2.C50H50O5/c1-33-11-14-35(15-12-33)51(54)36-17-24-41(25-18-36)59-42-26-20-39(21-27-42)53(46-9-5-3-7-44(46)45-8-4-6-10-47(45)53)40-22-28-43(29-23-40)60-48-30-19-38(32-50(48)64-63-62-56)52(55)37-16-13-34(2)49(31-37)61-65(57)58;1-52-35-13-7-5-3-4-6-8-14-36-54-42-27-19-37(20-28-42)49(51)38-21-29-43(30-22-38)55-44-33-25-40(26-34-44)50(39-23-31-41(53-2)32-24-39)47-17-11-9-15-45(47)46-16-10-12-18-48(46)50/h3-32,56H,1-2H3,(H,57,58);9-12,15-34H,3-8,13-14,35-36H2,1-2H3. The minimum atomic E-state index is -2.57. The van der Waals surface area contributed by atoms with Crippen LogP contribution in [0.2, 0.25) is 0 Å². The van der Waals surface area contributed by atoms with Gasteiger partial charge < -0.3 is 32.6 Å². The maximum atomic E-state index is 13.6. The lowest BCUT2D eigenvalue weighted by Gasteiger charge is -2.34. The number of ketones is 3. The summed E-state index contributed by atoms with van der Waals surface area (Å²) in [6, 6.07) is 106. The summed E-state index contributed by atoms with van der Waals surface area (Å²) in [6.07, 6.45) is 9.74. The number of carbonyl (C=O) groups is 3. The van der Waals surface area contributed by atoms with E-state index in [1.807, 2.05) is 153 Å². The van der Waals surface area contributed by atoms with Gasteiger partial charge in [-0.3, -0.25) is 18.9 Å². The van der Waals surface area contributed by atoms with E-state index in [9.17, 15) is 23.1 Å². The third-order valence-electron chi connectivity index (χ3n) is 22.1. The van der Waals surface area contributed by atoms with Gasteiger partial charge in [-0.1, -0.05) is 231 Å². The fourth-order valence-corrected chi connectivity index (χ4v) is 17.0. The van der Waals surface area contributed by atoms with Crippen LogP contribution in [0.5, 0.6) is 51.7 Å². The molecule has 0 spiro atoms.